The fourth-order valence-corrected chi connectivity index (χ4v) is 5.44. The highest BCUT2D eigenvalue weighted by molar-refractivity contribution is 5.82. The predicted octanol–water partition coefficient (Wildman–Crippen LogP) is 2.15. The summed E-state index contributed by atoms with van der Waals surface area (Å²) in [7, 11) is 4.71. The maximum absolute atomic E-state index is 13.4. The molecule has 2 aromatic rings. The molecule has 34 heavy (non-hydrogen) atoms. The molecule has 1 aromatic heterocycles. The van der Waals surface area contributed by atoms with E-state index in [1.807, 2.05) is 4.90 Å². The minimum Gasteiger partial charge on any atom is -0.493 e. The molecular weight excluding hydrogens is 436 g/mol. The molecule has 4 rings (SSSR count). The number of amides is 1. The third-order valence-electron chi connectivity index (χ3n) is 7.24. The van der Waals surface area contributed by atoms with Crippen LogP contribution in [-0.4, -0.2) is 85.4 Å². The van der Waals surface area contributed by atoms with Crippen molar-refractivity contribution >= 4 is 16.8 Å². The molecule has 2 atom stereocenters. The topological polar surface area (TPSA) is 86.1 Å². The largest absolute Gasteiger partial charge is 0.493 e. The van der Waals surface area contributed by atoms with Crippen molar-refractivity contribution in [2.45, 2.75) is 44.7 Å². The molecule has 2 unspecified atom stereocenters. The van der Waals surface area contributed by atoms with Crippen LogP contribution < -0.4 is 15.0 Å². The van der Waals surface area contributed by atoms with E-state index >= 15 is 0 Å². The molecule has 2 fully saturated rings. The molecule has 186 valence electrons. The SMILES string of the molecule is COCCN(CC1CCCN2CCCCC12)C(=O)Cn1cnc2cc(OC)c(OC)cc2c1=O. The molecule has 0 spiro atoms. The molecule has 1 aromatic carbocycles. The molecule has 1 amide bonds. The second kappa shape index (κ2) is 11.2. The number of piperidine rings is 2. The Morgan fingerprint density at radius 3 is 2.62 bits per heavy atom. The van der Waals surface area contributed by atoms with E-state index in [9.17, 15) is 9.59 Å². The first-order valence-electron chi connectivity index (χ1n) is 12.2. The first-order valence-corrected chi connectivity index (χ1v) is 12.2. The van der Waals surface area contributed by atoms with Gasteiger partial charge >= 0.3 is 0 Å². The number of hydrogen-bond donors (Lipinski definition) is 0. The number of rotatable bonds is 9. The van der Waals surface area contributed by atoms with E-state index in [1.54, 1.807) is 19.2 Å². The Bertz CT molecular complexity index is 1050. The van der Waals surface area contributed by atoms with Gasteiger partial charge in [-0.2, -0.15) is 0 Å². The summed E-state index contributed by atoms with van der Waals surface area (Å²) in [4.78, 5) is 35.4. The zero-order valence-electron chi connectivity index (χ0n) is 20.5. The minimum atomic E-state index is -0.276. The quantitative estimate of drug-likeness (QED) is 0.553. The second-order valence-corrected chi connectivity index (χ2v) is 9.24. The van der Waals surface area contributed by atoms with E-state index in [0.29, 0.717) is 54.1 Å². The molecule has 0 saturated carbocycles. The Hall–Kier alpha value is -2.65. The van der Waals surface area contributed by atoms with Gasteiger partial charge in [-0.25, -0.2) is 4.98 Å². The Morgan fingerprint density at radius 2 is 1.85 bits per heavy atom. The van der Waals surface area contributed by atoms with Crippen LogP contribution in [0.25, 0.3) is 10.9 Å². The highest BCUT2D eigenvalue weighted by Gasteiger charge is 2.34. The van der Waals surface area contributed by atoms with Crippen molar-refractivity contribution in [3.05, 3.63) is 28.8 Å². The van der Waals surface area contributed by atoms with Gasteiger partial charge in [-0.15, -0.1) is 0 Å². The fraction of sp³-hybridized carbons (Fsp3) is 0.640. The highest BCUT2D eigenvalue weighted by atomic mass is 16.5. The summed E-state index contributed by atoms with van der Waals surface area (Å²) in [6.07, 6.45) is 7.48. The molecule has 0 N–H and O–H groups in total. The normalized spacial score (nSPS) is 20.7. The number of benzene rings is 1. The van der Waals surface area contributed by atoms with Crippen LogP contribution in [0.15, 0.2) is 23.3 Å². The molecule has 3 heterocycles. The van der Waals surface area contributed by atoms with Crippen LogP contribution >= 0.6 is 0 Å². The van der Waals surface area contributed by atoms with E-state index < -0.39 is 0 Å². The van der Waals surface area contributed by atoms with Gasteiger partial charge in [0.15, 0.2) is 11.5 Å². The predicted molar refractivity (Wildman–Crippen MR) is 129 cm³/mol. The van der Waals surface area contributed by atoms with Gasteiger partial charge in [-0.3, -0.25) is 14.2 Å². The minimum absolute atomic E-state index is 0.0546. The Morgan fingerprint density at radius 1 is 1.09 bits per heavy atom. The van der Waals surface area contributed by atoms with Gasteiger partial charge in [0.1, 0.15) is 6.54 Å². The molecular formula is C25H36N4O5. The van der Waals surface area contributed by atoms with Crippen LogP contribution in [0.5, 0.6) is 11.5 Å². The van der Waals surface area contributed by atoms with Crippen LogP contribution in [-0.2, 0) is 16.1 Å². The second-order valence-electron chi connectivity index (χ2n) is 9.24. The number of carbonyl (C=O) groups is 1. The zero-order chi connectivity index (χ0) is 24.1. The number of methoxy groups -OCH3 is 3. The zero-order valence-corrected chi connectivity index (χ0v) is 20.5. The van der Waals surface area contributed by atoms with Crippen molar-refractivity contribution in [1.29, 1.82) is 0 Å². The Labute approximate surface area is 200 Å². The van der Waals surface area contributed by atoms with Gasteiger partial charge in [0, 0.05) is 32.3 Å². The third kappa shape index (κ3) is 5.20. The molecule has 2 aliphatic rings. The lowest BCUT2D eigenvalue weighted by Crippen LogP contribution is -2.52. The summed E-state index contributed by atoms with van der Waals surface area (Å²) in [5.74, 6) is 1.33. The van der Waals surface area contributed by atoms with Crippen molar-refractivity contribution in [2.75, 3.05) is 54.1 Å². The van der Waals surface area contributed by atoms with Crippen molar-refractivity contribution in [3.63, 3.8) is 0 Å². The molecule has 0 bridgehead atoms. The van der Waals surface area contributed by atoms with Crippen LogP contribution in [0.1, 0.15) is 32.1 Å². The molecule has 0 radical (unpaired) electrons. The lowest BCUT2D eigenvalue weighted by molar-refractivity contribution is -0.134. The number of carbonyl (C=O) groups excluding carboxylic acids is 1. The van der Waals surface area contributed by atoms with Crippen LogP contribution in [0.4, 0.5) is 0 Å². The Balaban J connectivity index is 1.54. The number of fused-ring (bicyclic) bond motifs is 2. The Kier molecular flexibility index (Phi) is 8.05. The molecule has 9 heteroatoms. The van der Waals surface area contributed by atoms with Gasteiger partial charge in [0.05, 0.1) is 38.1 Å². The summed E-state index contributed by atoms with van der Waals surface area (Å²) in [5.41, 5.74) is 0.226. The highest BCUT2D eigenvalue weighted by Crippen LogP contribution is 2.32. The lowest BCUT2D eigenvalue weighted by atomic mass is 9.83. The molecule has 9 nitrogen and oxygen atoms in total. The first-order chi connectivity index (χ1) is 16.5. The van der Waals surface area contributed by atoms with E-state index in [2.05, 4.69) is 9.88 Å². The number of hydrogen-bond acceptors (Lipinski definition) is 7. The summed E-state index contributed by atoms with van der Waals surface area (Å²) >= 11 is 0. The van der Waals surface area contributed by atoms with Crippen LogP contribution in [0.2, 0.25) is 0 Å². The van der Waals surface area contributed by atoms with Crippen molar-refractivity contribution in [1.82, 2.24) is 19.4 Å². The average molecular weight is 473 g/mol. The van der Waals surface area contributed by atoms with E-state index in [4.69, 9.17) is 14.2 Å². The summed E-state index contributed by atoms with van der Waals surface area (Å²) < 4.78 is 17.3. The summed E-state index contributed by atoms with van der Waals surface area (Å²) in [6.45, 7) is 3.96. The number of nitrogens with zero attached hydrogens (tertiary/aromatic N) is 4. The number of aromatic nitrogens is 2. The standard InChI is InChI=1S/C25H36N4O5/c1-32-12-11-28(15-18-7-6-10-27-9-5-4-8-21(18)27)24(30)16-29-17-26-20-14-23(34-3)22(33-2)13-19(20)25(29)31/h13-14,17-18,21H,4-12,15-16H2,1-3H3. The van der Waals surface area contributed by atoms with Crippen LogP contribution in [0.3, 0.4) is 0 Å². The smallest absolute Gasteiger partial charge is 0.261 e. The maximum atomic E-state index is 13.4. The van der Waals surface area contributed by atoms with Crippen LogP contribution in [0, 0.1) is 5.92 Å². The fourth-order valence-electron chi connectivity index (χ4n) is 5.44. The van der Waals surface area contributed by atoms with Gasteiger partial charge in [0.2, 0.25) is 5.91 Å². The first kappa shape index (κ1) is 24.5. The average Bonchev–Trinajstić information content (AvgIpc) is 2.87. The summed E-state index contributed by atoms with van der Waals surface area (Å²) in [5, 5.41) is 0.390. The molecule has 0 aliphatic carbocycles. The van der Waals surface area contributed by atoms with Gasteiger partial charge in [-0.05, 0) is 50.8 Å². The van der Waals surface area contributed by atoms with Gasteiger partial charge in [-0.1, -0.05) is 6.42 Å². The van der Waals surface area contributed by atoms with E-state index in [0.717, 1.165) is 6.42 Å². The van der Waals surface area contributed by atoms with Crippen molar-refractivity contribution in [2.24, 2.45) is 5.92 Å². The number of ether oxygens (including phenoxy) is 3. The third-order valence-corrected chi connectivity index (χ3v) is 7.24. The summed E-state index contributed by atoms with van der Waals surface area (Å²) in [6, 6.07) is 3.84. The van der Waals surface area contributed by atoms with E-state index in [-0.39, 0.29) is 18.0 Å². The molecule has 2 saturated heterocycles. The monoisotopic (exact) mass is 472 g/mol. The van der Waals surface area contributed by atoms with Crippen molar-refractivity contribution in [3.8, 4) is 11.5 Å². The van der Waals surface area contributed by atoms with Crippen molar-refractivity contribution < 1.29 is 19.0 Å². The molecule has 2 aliphatic heterocycles. The lowest BCUT2D eigenvalue weighted by Gasteiger charge is -2.45. The van der Waals surface area contributed by atoms with Gasteiger partial charge in [0.25, 0.3) is 5.56 Å². The maximum Gasteiger partial charge on any atom is 0.261 e. The van der Waals surface area contributed by atoms with E-state index in [1.165, 1.54) is 63.9 Å². The van der Waals surface area contributed by atoms with Gasteiger partial charge < -0.3 is 24.0 Å².